The minimum absolute atomic E-state index is 0.353. The molecule has 2 atom stereocenters. The van der Waals surface area contributed by atoms with Crippen LogP contribution in [0.25, 0.3) is 0 Å². The van der Waals surface area contributed by atoms with Gasteiger partial charge in [-0.2, -0.15) is 4.31 Å². The molecule has 2 aliphatic rings. The summed E-state index contributed by atoms with van der Waals surface area (Å²) in [6, 6.07) is 5.23. The summed E-state index contributed by atoms with van der Waals surface area (Å²) in [5.41, 5.74) is 0.913. The Morgan fingerprint density at radius 1 is 1.25 bits per heavy atom. The van der Waals surface area contributed by atoms with Gasteiger partial charge >= 0.3 is 0 Å². The summed E-state index contributed by atoms with van der Waals surface area (Å²) < 4.78 is 27.8. The van der Waals surface area contributed by atoms with E-state index in [9.17, 15) is 8.42 Å². The van der Waals surface area contributed by atoms with Gasteiger partial charge in [0.2, 0.25) is 10.0 Å². The van der Waals surface area contributed by atoms with E-state index in [1.54, 1.807) is 22.5 Å². The maximum Gasteiger partial charge on any atom is 0.244 e. The number of benzene rings is 1. The molecular formula is C14H17BrClNO2S. The van der Waals surface area contributed by atoms with Gasteiger partial charge in [-0.1, -0.05) is 12.5 Å². The fourth-order valence-corrected chi connectivity index (χ4v) is 6.17. The molecule has 20 heavy (non-hydrogen) atoms. The predicted molar refractivity (Wildman–Crippen MR) is 83.3 cm³/mol. The molecule has 1 aliphatic carbocycles. The van der Waals surface area contributed by atoms with Gasteiger partial charge in [0.05, 0.1) is 4.90 Å². The topological polar surface area (TPSA) is 37.4 Å². The molecule has 0 N–H and O–H groups in total. The lowest BCUT2D eigenvalue weighted by Crippen LogP contribution is -2.30. The molecule has 1 saturated heterocycles. The molecule has 0 radical (unpaired) electrons. The highest BCUT2D eigenvalue weighted by molar-refractivity contribution is 9.10. The van der Waals surface area contributed by atoms with Crippen LogP contribution in [0.5, 0.6) is 0 Å². The molecule has 0 spiro atoms. The van der Waals surface area contributed by atoms with Crippen molar-refractivity contribution in [2.45, 2.75) is 30.0 Å². The molecule has 2 unspecified atom stereocenters. The average molecular weight is 379 g/mol. The van der Waals surface area contributed by atoms with Crippen molar-refractivity contribution in [1.29, 1.82) is 0 Å². The highest BCUT2D eigenvalue weighted by atomic mass is 79.9. The average Bonchev–Trinajstić information content (AvgIpc) is 2.99. The van der Waals surface area contributed by atoms with Crippen LogP contribution in [0.3, 0.4) is 0 Å². The molecular weight excluding hydrogens is 362 g/mol. The molecule has 1 heterocycles. The summed E-state index contributed by atoms with van der Waals surface area (Å²) in [7, 11) is -3.39. The maximum absolute atomic E-state index is 12.7. The fourth-order valence-electron chi connectivity index (χ4n) is 3.36. The van der Waals surface area contributed by atoms with E-state index in [4.69, 9.17) is 11.6 Å². The second-order valence-electron chi connectivity index (χ2n) is 5.67. The van der Waals surface area contributed by atoms with Crippen LogP contribution in [-0.2, 0) is 15.9 Å². The number of hydrogen-bond donors (Lipinski definition) is 0. The number of rotatable bonds is 3. The van der Waals surface area contributed by atoms with Gasteiger partial charge in [0, 0.05) is 23.4 Å². The van der Waals surface area contributed by atoms with Crippen molar-refractivity contribution in [3.63, 3.8) is 0 Å². The van der Waals surface area contributed by atoms with E-state index < -0.39 is 10.0 Å². The minimum Gasteiger partial charge on any atom is -0.207 e. The summed E-state index contributed by atoms with van der Waals surface area (Å²) in [5, 5.41) is 0. The Labute approximate surface area is 133 Å². The van der Waals surface area contributed by atoms with Crippen molar-refractivity contribution in [2.24, 2.45) is 11.8 Å². The zero-order valence-electron chi connectivity index (χ0n) is 11.1. The zero-order chi connectivity index (χ0) is 14.3. The SMILES string of the molecule is O=S(=O)(c1ccc(CCl)cc1Br)N1CC2CCCC2C1. The van der Waals surface area contributed by atoms with Crippen molar-refractivity contribution in [1.82, 2.24) is 4.31 Å². The summed E-state index contributed by atoms with van der Waals surface area (Å²) in [4.78, 5) is 0.353. The highest BCUT2D eigenvalue weighted by Crippen LogP contribution is 2.40. The number of alkyl halides is 1. The predicted octanol–water partition coefficient (Wildman–Crippen LogP) is 3.61. The zero-order valence-corrected chi connectivity index (χ0v) is 14.2. The molecule has 2 fully saturated rings. The van der Waals surface area contributed by atoms with E-state index in [2.05, 4.69) is 15.9 Å². The Morgan fingerprint density at radius 2 is 1.90 bits per heavy atom. The van der Waals surface area contributed by atoms with Crippen molar-refractivity contribution in [2.75, 3.05) is 13.1 Å². The molecule has 1 aliphatic heterocycles. The lowest BCUT2D eigenvalue weighted by Gasteiger charge is -2.18. The quantitative estimate of drug-likeness (QED) is 0.754. The van der Waals surface area contributed by atoms with Gasteiger partial charge in [-0.3, -0.25) is 0 Å². The molecule has 1 aromatic carbocycles. The number of hydrogen-bond acceptors (Lipinski definition) is 2. The van der Waals surface area contributed by atoms with Crippen molar-refractivity contribution in [3.8, 4) is 0 Å². The molecule has 0 bridgehead atoms. The third-order valence-electron chi connectivity index (χ3n) is 4.46. The molecule has 3 rings (SSSR count). The number of nitrogens with zero attached hydrogens (tertiary/aromatic N) is 1. The molecule has 3 nitrogen and oxygen atoms in total. The van der Waals surface area contributed by atoms with Crippen molar-refractivity contribution < 1.29 is 8.42 Å². The first-order valence-corrected chi connectivity index (χ1v) is 9.63. The van der Waals surface area contributed by atoms with Gasteiger partial charge in [0.1, 0.15) is 0 Å². The molecule has 1 saturated carbocycles. The fraction of sp³-hybridized carbons (Fsp3) is 0.571. The first kappa shape index (κ1) is 14.8. The standard InChI is InChI=1S/C14H17BrClNO2S/c15-13-6-10(7-16)4-5-14(13)20(18,19)17-8-11-2-1-3-12(11)9-17/h4-6,11-12H,1-3,7-9H2. The maximum atomic E-state index is 12.7. The summed E-state index contributed by atoms with van der Waals surface area (Å²) in [6.45, 7) is 1.35. The summed E-state index contributed by atoms with van der Waals surface area (Å²) in [5.74, 6) is 1.50. The van der Waals surface area contributed by atoms with Gasteiger partial charge in [0.15, 0.2) is 0 Å². The normalized spacial score (nSPS) is 26.9. The van der Waals surface area contributed by atoms with Crippen LogP contribution in [0, 0.1) is 11.8 Å². The molecule has 0 amide bonds. The van der Waals surface area contributed by atoms with E-state index in [0.717, 1.165) is 5.56 Å². The van der Waals surface area contributed by atoms with Crippen LogP contribution in [0.2, 0.25) is 0 Å². The first-order valence-electron chi connectivity index (χ1n) is 6.87. The van der Waals surface area contributed by atoms with Crippen LogP contribution in [0.4, 0.5) is 0 Å². The Balaban J connectivity index is 1.89. The third-order valence-corrected chi connectivity index (χ3v) is 7.58. The Morgan fingerprint density at radius 3 is 2.45 bits per heavy atom. The van der Waals surface area contributed by atoms with Gasteiger partial charge < -0.3 is 0 Å². The van der Waals surface area contributed by atoms with Gasteiger partial charge in [-0.05, 0) is 58.3 Å². The van der Waals surface area contributed by atoms with Crippen LogP contribution in [0.1, 0.15) is 24.8 Å². The van der Waals surface area contributed by atoms with Gasteiger partial charge in [-0.25, -0.2) is 8.42 Å². The second-order valence-corrected chi connectivity index (χ2v) is 8.70. The van der Waals surface area contributed by atoms with E-state index in [1.807, 2.05) is 0 Å². The Hall–Kier alpha value is -0.100. The minimum atomic E-state index is -3.39. The Kier molecular flexibility index (Phi) is 4.15. The van der Waals surface area contributed by atoms with Gasteiger partial charge in [-0.15, -0.1) is 11.6 Å². The van der Waals surface area contributed by atoms with Crippen LogP contribution in [0.15, 0.2) is 27.6 Å². The van der Waals surface area contributed by atoms with E-state index in [1.165, 1.54) is 19.3 Å². The molecule has 1 aromatic rings. The molecule has 110 valence electrons. The number of sulfonamides is 1. The van der Waals surface area contributed by atoms with Crippen LogP contribution >= 0.6 is 27.5 Å². The van der Waals surface area contributed by atoms with Crippen LogP contribution < -0.4 is 0 Å². The number of fused-ring (bicyclic) bond motifs is 1. The van der Waals surface area contributed by atoms with Crippen molar-refractivity contribution >= 4 is 37.6 Å². The van der Waals surface area contributed by atoms with E-state index in [-0.39, 0.29) is 0 Å². The Bertz CT molecular complexity index is 608. The number of halogens is 2. The second kappa shape index (κ2) is 5.59. The van der Waals surface area contributed by atoms with Crippen molar-refractivity contribution in [3.05, 3.63) is 28.2 Å². The first-order chi connectivity index (χ1) is 9.52. The molecule has 6 heteroatoms. The highest BCUT2D eigenvalue weighted by Gasteiger charge is 2.41. The monoisotopic (exact) mass is 377 g/mol. The lowest BCUT2D eigenvalue weighted by atomic mass is 10.0. The summed E-state index contributed by atoms with van der Waals surface area (Å²) >= 11 is 9.14. The van der Waals surface area contributed by atoms with Crippen LogP contribution in [-0.4, -0.2) is 25.8 Å². The smallest absolute Gasteiger partial charge is 0.207 e. The largest absolute Gasteiger partial charge is 0.244 e. The third kappa shape index (κ3) is 2.54. The molecule has 0 aromatic heterocycles. The summed E-state index contributed by atoms with van der Waals surface area (Å²) in [6.07, 6.45) is 3.59. The lowest BCUT2D eigenvalue weighted by molar-refractivity contribution is 0.445. The van der Waals surface area contributed by atoms with E-state index in [0.29, 0.717) is 40.2 Å². The van der Waals surface area contributed by atoms with E-state index >= 15 is 0 Å². The van der Waals surface area contributed by atoms with Gasteiger partial charge in [0.25, 0.3) is 0 Å².